The van der Waals surface area contributed by atoms with E-state index in [0.717, 1.165) is 59.5 Å². The second-order valence-electron chi connectivity index (χ2n) is 10.5. The third kappa shape index (κ3) is 6.23. The minimum atomic E-state index is -2.57. The standard InChI is InChI=1S/C30H37N8OP/c1-20-8-11-22(18-24(20)28(32)21-9-12-23(13-10-21)38-16-14-33-15-17-38)35-30-34-19-25(31)29(37-30)36-26-6-4-5-7-27(26)40(2,3)39/h4-13,18-19,32-33,39-40H,14-17,31H2,1-3H3,(H2,34,35,36,37). The number of para-hydroxylation sites is 1. The summed E-state index contributed by atoms with van der Waals surface area (Å²) in [6.45, 7) is 9.70. The number of hydrogen-bond acceptors (Lipinski definition) is 9. The molecule has 10 heteroatoms. The fraction of sp³-hybridized carbons (Fsp3) is 0.233. The first kappa shape index (κ1) is 27.5. The van der Waals surface area contributed by atoms with Crippen LogP contribution in [-0.4, -0.2) is 60.1 Å². The van der Waals surface area contributed by atoms with Crippen molar-refractivity contribution in [1.82, 2.24) is 15.3 Å². The van der Waals surface area contributed by atoms with Crippen LogP contribution < -0.4 is 31.9 Å². The van der Waals surface area contributed by atoms with E-state index in [1.54, 1.807) is 6.20 Å². The Labute approximate surface area is 235 Å². The van der Waals surface area contributed by atoms with Crippen molar-refractivity contribution in [2.24, 2.45) is 0 Å². The van der Waals surface area contributed by atoms with E-state index in [1.807, 2.05) is 74.9 Å². The van der Waals surface area contributed by atoms with Crippen molar-refractivity contribution < 1.29 is 4.89 Å². The first-order valence-electron chi connectivity index (χ1n) is 13.4. The maximum absolute atomic E-state index is 10.7. The van der Waals surface area contributed by atoms with Crippen molar-refractivity contribution in [3.63, 3.8) is 0 Å². The smallest absolute Gasteiger partial charge is 0.369 e. The number of hydrogen-bond donors (Lipinski definition) is 6. The predicted octanol–water partition coefficient (Wildman–Crippen LogP) is 4.22. The Morgan fingerprint density at radius 2 is 1.75 bits per heavy atom. The molecule has 0 aliphatic carbocycles. The Balaban J connectivity index is 1.35. The van der Waals surface area contributed by atoms with Crippen LogP contribution in [0.15, 0.2) is 72.9 Å². The molecule has 9 nitrogen and oxygen atoms in total. The van der Waals surface area contributed by atoms with E-state index < -0.39 is 7.49 Å². The number of aromatic nitrogens is 2. The zero-order valence-corrected chi connectivity index (χ0v) is 24.1. The number of aryl methyl sites for hydroxylation is 1. The van der Waals surface area contributed by atoms with E-state index in [0.29, 0.717) is 23.2 Å². The number of rotatable bonds is 8. The molecule has 3 aromatic carbocycles. The number of nitrogens with one attached hydrogen (secondary N) is 4. The Hall–Kier alpha value is -4.04. The summed E-state index contributed by atoms with van der Waals surface area (Å²) < 4.78 is 0. The zero-order chi connectivity index (χ0) is 28.3. The van der Waals surface area contributed by atoms with E-state index >= 15 is 0 Å². The second-order valence-corrected chi connectivity index (χ2v) is 14.2. The molecule has 1 aliphatic heterocycles. The van der Waals surface area contributed by atoms with Crippen molar-refractivity contribution in [2.75, 3.05) is 60.8 Å². The molecular formula is C30H37N8OP. The summed E-state index contributed by atoms with van der Waals surface area (Å²) >= 11 is 0. The van der Waals surface area contributed by atoms with Crippen LogP contribution in [0.5, 0.6) is 0 Å². The molecule has 0 spiro atoms. The monoisotopic (exact) mass is 556 g/mol. The molecule has 40 heavy (non-hydrogen) atoms. The van der Waals surface area contributed by atoms with Crippen LogP contribution in [0.4, 0.5) is 34.5 Å². The van der Waals surface area contributed by atoms with E-state index in [2.05, 4.69) is 43.0 Å². The normalized spacial score (nSPS) is 14.1. The van der Waals surface area contributed by atoms with Crippen LogP contribution in [0.25, 0.3) is 0 Å². The average Bonchev–Trinajstić information content (AvgIpc) is 2.96. The number of anilines is 6. The number of nitrogens with zero attached hydrogens (tertiary/aromatic N) is 3. The van der Waals surface area contributed by atoms with Gasteiger partial charge in [-0.05, 0) is 12.1 Å². The summed E-state index contributed by atoms with van der Waals surface area (Å²) in [4.78, 5) is 22.1. The molecule has 1 aromatic heterocycles. The van der Waals surface area contributed by atoms with E-state index in [-0.39, 0.29) is 0 Å². The summed E-state index contributed by atoms with van der Waals surface area (Å²) in [5.74, 6) is 0.823. The molecule has 5 rings (SSSR count). The molecule has 0 unspecified atom stereocenters. The number of nitrogen functional groups attached to an aromatic ring is 1. The number of nitrogens with two attached hydrogens (primary N) is 1. The second kappa shape index (κ2) is 11.6. The molecule has 0 radical (unpaired) electrons. The number of piperazine rings is 1. The summed E-state index contributed by atoms with van der Waals surface area (Å²) in [5, 5.41) is 19.7. The van der Waals surface area contributed by atoms with Crippen molar-refractivity contribution in [2.45, 2.75) is 6.92 Å². The van der Waals surface area contributed by atoms with Crippen LogP contribution in [-0.2, 0) is 0 Å². The quantitative estimate of drug-likeness (QED) is 0.140. The number of benzene rings is 3. The first-order chi connectivity index (χ1) is 19.2. The van der Waals surface area contributed by atoms with Gasteiger partial charge in [-0.3, -0.25) is 0 Å². The minimum Gasteiger partial charge on any atom is -0.369 e. The molecule has 1 fully saturated rings. The van der Waals surface area contributed by atoms with Gasteiger partial charge in [0.15, 0.2) is 0 Å². The fourth-order valence-electron chi connectivity index (χ4n) is 4.82. The summed E-state index contributed by atoms with van der Waals surface area (Å²) in [6, 6.07) is 21.8. The molecule has 0 saturated carbocycles. The van der Waals surface area contributed by atoms with Gasteiger partial charge >= 0.3 is 170 Å². The van der Waals surface area contributed by atoms with Gasteiger partial charge in [-0.2, -0.15) is 0 Å². The van der Waals surface area contributed by atoms with Crippen LogP contribution in [0.3, 0.4) is 0 Å². The molecule has 0 bridgehead atoms. The van der Waals surface area contributed by atoms with Gasteiger partial charge in [-0.1, -0.05) is 12.1 Å². The van der Waals surface area contributed by atoms with E-state index in [4.69, 9.17) is 11.1 Å². The predicted molar refractivity (Wildman–Crippen MR) is 170 cm³/mol. The van der Waals surface area contributed by atoms with Gasteiger partial charge in [0, 0.05) is 31.9 Å². The zero-order valence-electron chi connectivity index (χ0n) is 23.1. The van der Waals surface area contributed by atoms with Gasteiger partial charge in [0.2, 0.25) is 0 Å². The van der Waals surface area contributed by atoms with Crippen molar-refractivity contribution in [1.29, 1.82) is 5.41 Å². The van der Waals surface area contributed by atoms with Gasteiger partial charge in [-0.25, -0.2) is 0 Å². The Kier molecular flexibility index (Phi) is 7.98. The van der Waals surface area contributed by atoms with E-state index in [1.165, 1.54) is 5.69 Å². The molecule has 2 heterocycles. The molecule has 4 aromatic rings. The summed E-state index contributed by atoms with van der Waals surface area (Å²) in [6.07, 6.45) is 1.55. The summed E-state index contributed by atoms with van der Waals surface area (Å²) in [7, 11) is -2.57. The average molecular weight is 557 g/mol. The molecule has 1 aliphatic rings. The van der Waals surface area contributed by atoms with Crippen LogP contribution >= 0.6 is 7.49 Å². The van der Waals surface area contributed by atoms with Crippen LogP contribution in [0.2, 0.25) is 0 Å². The van der Waals surface area contributed by atoms with Gasteiger partial charge < -0.3 is 10.2 Å². The van der Waals surface area contributed by atoms with Gasteiger partial charge in [0.1, 0.15) is 0 Å². The molecule has 1 saturated heterocycles. The van der Waals surface area contributed by atoms with Gasteiger partial charge in [0.25, 0.3) is 0 Å². The topological polar surface area (TPSA) is 135 Å². The van der Waals surface area contributed by atoms with Crippen molar-refractivity contribution in [3.8, 4) is 0 Å². The Bertz CT molecular complexity index is 1510. The fourth-order valence-corrected chi connectivity index (χ4v) is 6.13. The van der Waals surface area contributed by atoms with Crippen LogP contribution in [0.1, 0.15) is 16.7 Å². The summed E-state index contributed by atoms with van der Waals surface area (Å²) in [5.41, 5.74) is 12.5. The molecular weight excluding hydrogens is 519 g/mol. The SMILES string of the molecule is Cc1ccc(Nc2ncc(N)c(Nc3ccccc3[PH](C)(C)O)n2)cc1C(=N)c1ccc(N2CCNCC2)cc1. The van der Waals surface area contributed by atoms with Crippen LogP contribution in [0, 0.1) is 12.3 Å². The molecule has 208 valence electrons. The first-order valence-corrected chi connectivity index (χ1v) is 16.4. The molecule has 0 atom stereocenters. The van der Waals surface area contributed by atoms with Gasteiger partial charge in [-0.15, -0.1) is 0 Å². The minimum absolute atomic E-state index is 0.372. The van der Waals surface area contributed by atoms with Crippen molar-refractivity contribution in [3.05, 3.63) is 89.6 Å². The third-order valence-corrected chi connectivity index (χ3v) is 8.81. The van der Waals surface area contributed by atoms with Crippen molar-refractivity contribution >= 4 is 53.0 Å². The Morgan fingerprint density at radius 3 is 2.48 bits per heavy atom. The maximum atomic E-state index is 10.7. The van der Waals surface area contributed by atoms with E-state index in [9.17, 15) is 4.89 Å². The third-order valence-electron chi connectivity index (χ3n) is 7.06. The Morgan fingerprint density at radius 1 is 1.02 bits per heavy atom. The molecule has 0 amide bonds. The molecule has 7 N–H and O–H groups in total. The van der Waals surface area contributed by atoms with Gasteiger partial charge in [0.05, 0.1) is 0 Å².